The van der Waals surface area contributed by atoms with Crippen LogP contribution in [0.25, 0.3) is 0 Å². The topological polar surface area (TPSA) is 108 Å². The monoisotopic (exact) mass is 967 g/mol. The first kappa shape index (κ1) is 66.3. The van der Waals surface area contributed by atoms with Crippen molar-refractivity contribution < 1.29 is 42.9 Å². The molecule has 0 rings (SSSR count). The van der Waals surface area contributed by atoms with Crippen LogP contribution in [0, 0.1) is 0 Å². The summed E-state index contributed by atoms with van der Waals surface area (Å²) in [6.45, 7) is 4.94. The van der Waals surface area contributed by atoms with Crippen LogP contribution in [0.5, 0.6) is 0 Å². The van der Waals surface area contributed by atoms with Crippen molar-refractivity contribution in [3.63, 3.8) is 0 Å². The minimum atomic E-state index is -1.50. The normalized spacial score (nSPS) is 12.7. The number of aliphatic carboxylic acids is 1. The van der Waals surface area contributed by atoms with Crippen molar-refractivity contribution in [2.75, 3.05) is 47.5 Å². The number of carboxylic acid groups (broad SMARTS) is 1. The maximum absolute atomic E-state index is 12.9. The van der Waals surface area contributed by atoms with Gasteiger partial charge < -0.3 is 28.5 Å². The molecule has 9 nitrogen and oxygen atoms in total. The molecule has 0 amide bonds. The van der Waals surface area contributed by atoms with E-state index in [4.69, 9.17) is 18.9 Å². The van der Waals surface area contributed by atoms with Crippen LogP contribution in [0.2, 0.25) is 0 Å². The fourth-order valence-electron chi connectivity index (χ4n) is 9.02. The number of carbonyl (C=O) groups is 3. The number of rotatable bonds is 56. The summed E-state index contributed by atoms with van der Waals surface area (Å²) in [5, 5.41) is 9.69. The van der Waals surface area contributed by atoms with Gasteiger partial charge in [0, 0.05) is 12.8 Å². The van der Waals surface area contributed by atoms with E-state index in [2.05, 4.69) is 13.8 Å². The van der Waals surface area contributed by atoms with E-state index in [9.17, 15) is 19.5 Å². The Hall–Kier alpha value is -1.71. The molecule has 0 spiro atoms. The van der Waals surface area contributed by atoms with Crippen LogP contribution in [0.15, 0.2) is 0 Å². The van der Waals surface area contributed by atoms with E-state index >= 15 is 0 Å². The van der Waals surface area contributed by atoms with Crippen LogP contribution in [-0.4, -0.2) is 87.4 Å². The van der Waals surface area contributed by atoms with E-state index < -0.39 is 18.4 Å². The Labute approximate surface area is 422 Å². The van der Waals surface area contributed by atoms with Crippen LogP contribution < -0.4 is 0 Å². The Morgan fingerprint density at radius 1 is 0.382 bits per heavy atom. The number of carboxylic acids is 1. The average Bonchev–Trinajstić information content (AvgIpc) is 3.30. The standard InChI is InChI=1S/C59H115NO8/c1-6-8-10-12-14-16-18-20-22-23-24-25-26-27-28-29-30-31-32-33-34-36-38-40-42-44-46-48-50-57(62)68-55(54-67-59(58(63)64)65-52-51-60(3,4)5)53-66-56(61)49-47-45-43-41-39-37-35-21-19-17-15-13-11-9-7-2/h55,59H,6-54H2,1-5H3/p+1. The maximum atomic E-state index is 12.9. The SMILES string of the molecule is CCCCCCCCCCCCCCCCCCCCCCCCCCCCCCC(=O)OC(COC(=O)CCCCCCCCCCCCCCCCC)COC(OCC[N+](C)(C)C)C(=O)O. The zero-order valence-electron chi connectivity index (χ0n) is 46.1. The molecule has 2 unspecified atom stereocenters. The van der Waals surface area contributed by atoms with Gasteiger partial charge in [0.05, 0.1) is 34.4 Å². The number of likely N-dealkylation sites (N-methyl/N-ethyl adjacent to an activating group) is 1. The summed E-state index contributed by atoms with van der Waals surface area (Å²) in [6.07, 6.45) is 54.8. The summed E-state index contributed by atoms with van der Waals surface area (Å²) in [7, 11) is 5.98. The van der Waals surface area contributed by atoms with E-state index in [1.165, 1.54) is 238 Å². The van der Waals surface area contributed by atoms with Gasteiger partial charge in [-0.3, -0.25) is 9.59 Å². The summed E-state index contributed by atoms with van der Waals surface area (Å²) in [5.41, 5.74) is 0. The molecular weight excluding hydrogens is 851 g/mol. The molecule has 0 aromatic rings. The largest absolute Gasteiger partial charge is 0.477 e. The predicted molar refractivity (Wildman–Crippen MR) is 286 cm³/mol. The van der Waals surface area contributed by atoms with Crippen molar-refractivity contribution in [1.29, 1.82) is 0 Å². The first-order valence-corrected chi connectivity index (χ1v) is 29.7. The van der Waals surface area contributed by atoms with Gasteiger partial charge in [0.15, 0.2) is 6.10 Å². The van der Waals surface area contributed by atoms with Crippen molar-refractivity contribution in [3.05, 3.63) is 0 Å². The molecule has 9 heteroatoms. The van der Waals surface area contributed by atoms with Gasteiger partial charge in [-0.2, -0.15) is 0 Å². The lowest BCUT2D eigenvalue weighted by molar-refractivity contribution is -0.870. The summed E-state index contributed by atoms with van der Waals surface area (Å²) in [5.74, 6) is -1.97. The molecule has 0 heterocycles. The second kappa shape index (κ2) is 51.6. The number of ether oxygens (including phenoxy) is 4. The molecule has 68 heavy (non-hydrogen) atoms. The Balaban J connectivity index is 4.10. The highest BCUT2D eigenvalue weighted by molar-refractivity contribution is 5.71. The maximum Gasteiger partial charge on any atom is 0.361 e. The highest BCUT2D eigenvalue weighted by Gasteiger charge is 2.25. The third-order valence-corrected chi connectivity index (χ3v) is 13.6. The lowest BCUT2D eigenvalue weighted by Crippen LogP contribution is -2.40. The Kier molecular flexibility index (Phi) is 50.3. The van der Waals surface area contributed by atoms with Crippen molar-refractivity contribution in [2.45, 2.75) is 315 Å². The van der Waals surface area contributed by atoms with Gasteiger partial charge in [-0.25, -0.2) is 4.79 Å². The second-order valence-electron chi connectivity index (χ2n) is 21.7. The molecule has 0 aliphatic heterocycles. The third kappa shape index (κ3) is 52.1. The first-order chi connectivity index (χ1) is 33.1. The molecule has 0 bridgehead atoms. The van der Waals surface area contributed by atoms with E-state index in [0.717, 1.165) is 38.5 Å². The number of carbonyl (C=O) groups excluding carboxylic acids is 2. The van der Waals surface area contributed by atoms with Crippen LogP contribution >= 0.6 is 0 Å². The smallest absolute Gasteiger partial charge is 0.361 e. The molecule has 0 saturated carbocycles. The lowest BCUT2D eigenvalue weighted by atomic mass is 10.0. The minimum absolute atomic E-state index is 0.173. The average molecular weight is 968 g/mol. The molecule has 404 valence electrons. The Morgan fingerprint density at radius 2 is 0.662 bits per heavy atom. The quantitative estimate of drug-likeness (QED) is 0.0278. The number of hydrogen-bond donors (Lipinski definition) is 1. The van der Waals surface area contributed by atoms with E-state index in [1.54, 1.807) is 0 Å². The van der Waals surface area contributed by atoms with Crippen LogP contribution in [0.1, 0.15) is 303 Å². The lowest BCUT2D eigenvalue weighted by Gasteiger charge is -2.25. The van der Waals surface area contributed by atoms with E-state index in [1.807, 2.05) is 21.1 Å². The van der Waals surface area contributed by atoms with Gasteiger partial charge in [0.1, 0.15) is 13.2 Å². The van der Waals surface area contributed by atoms with Gasteiger partial charge in [-0.05, 0) is 12.8 Å². The van der Waals surface area contributed by atoms with E-state index in [-0.39, 0.29) is 38.2 Å². The van der Waals surface area contributed by atoms with Gasteiger partial charge in [0.25, 0.3) is 6.29 Å². The summed E-state index contributed by atoms with van der Waals surface area (Å²) in [6, 6.07) is 0. The number of quaternary nitrogens is 1. The Bertz CT molecular complexity index is 1080. The summed E-state index contributed by atoms with van der Waals surface area (Å²) in [4.78, 5) is 37.4. The fourth-order valence-corrected chi connectivity index (χ4v) is 9.02. The molecule has 2 atom stereocenters. The summed E-state index contributed by atoms with van der Waals surface area (Å²) < 4.78 is 22.9. The second-order valence-corrected chi connectivity index (χ2v) is 21.7. The van der Waals surface area contributed by atoms with Gasteiger partial charge in [-0.15, -0.1) is 0 Å². The molecule has 0 aromatic heterocycles. The number of esters is 2. The molecule has 0 aliphatic rings. The van der Waals surface area contributed by atoms with Gasteiger partial charge >= 0.3 is 17.9 Å². The summed E-state index contributed by atoms with van der Waals surface area (Å²) >= 11 is 0. The highest BCUT2D eigenvalue weighted by atomic mass is 16.7. The van der Waals surface area contributed by atoms with Crippen molar-refractivity contribution in [2.24, 2.45) is 0 Å². The number of nitrogens with zero attached hydrogens (tertiary/aromatic N) is 1. The number of hydrogen-bond acceptors (Lipinski definition) is 7. The molecular formula is C59H116NO8+. The highest BCUT2D eigenvalue weighted by Crippen LogP contribution is 2.18. The molecule has 1 N–H and O–H groups in total. The minimum Gasteiger partial charge on any atom is -0.477 e. The first-order valence-electron chi connectivity index (χ1n) is 29.7. The van der Waals surface area contributed by atoms with Crippen molar-refractivity contribution >= 4 is 17.9 Å². The third-order valence-electron chi connectivity index (χ3n) is 13.6. The number of unbranched alkanes of at least 4 members (excludes halogenated alkanes) is 41. The van der Waals surface area contributed by atoms with Crippen LogP contribution in [0.4, 0.5) is 0 Å². The molecule has 0 fully saturated rings. The zero-order valence-corrected chi connectivity index (χ0v) is 46.1. The fraction of sp³-hybridized carbons (Fsp3) is 0.949. The molecule has 0 radical (unpaired) electrons. The van der Waals surface area contributed by atoms with Gasteiger partial charge in [-0.1, -0.05) is 277 Å². The molecule has 0 saturated heterocycles. The molecule has 0 aromatic carbocycles. The van der Waals surface area contributed by atoms with Crippen LogP contribution in [0.3, 0.4) is 0 Å². The Morgan fingerprint density at radius 3 is 0.941 bits per heavy atom. The van der Waals surface area contributed by atoms with Crippen molar-refractivity contribution in [1.82, 2.24) is 0 Å². The van der Waals surface area contributed by atoms with Crippen LogP contribution in [-0.2, 0) is 33.3 Å². The zero-order chi connectivity index (χ0) is 49.9. The molecule has 0 aliphatic carbocycles. The van der Waals surface area contributed by atoms with Gasteiger partial charge in [0.2, 0.25) is 0 Å². The predicted octanol–water partition coefficient (Wildman–Crippen LogP) is 17.2. The van der Waals surface area contributed by atoms with E-state index in [0.29, 0.717) is 17.4 Å². The van der Waals surface area contributed by atoms with Crippen molar-refractivity contribution in [3.8, 4) is 0 Å².